The summed E-state index contributed by atoms with van der Waals surface area (Å²) < 4.78 is 5.75. The first kappa shape index (κ1) is 41.4. The van der Waals surface area contributed by atoms with Crippen molar-refractivity contribution in [3.63, 3.8) is 0 Å². The number of nitrogens with one attached hydrogen (secondary N) is 1. The number of rotatable bonds is 34. The van der Waals surface area contributed by atoms with E-state index in [1.807, 2.05) is 0 Å². The zero-order valence-electron chi connectivity index (χ0n) is 28.6. The molecule has 0 heterocycles. The minimum absolute atomic E-state index is 0.0296. The number of amides is 1. The second-order valence-corrected chi connectivity index (χ2v) is 12.8. The van der Waals surface area contributed by atoms with Gasteiger partial charge in [0.1, 0.15) is 12.6 Å². The summed E-state index contributed by atoms with van der Waals surface area (Å²) in [6.07, 6.45) is 36.0. The number of carbonyl (C=O) groups is 3. The highest BCUT2D eigenvalue weighted by Gasteiger charge is 2.13. The van der Waals surface area contributed by atoms with E-state index in [2.05, 4.69) is 19.2 Å². The molecule has 0 aromatic rings. The lowest BCUT2D eigenvalue weighted by molar-refractivity contribution is -0.150. The molecule has 0 aliphatic carbocycles. The molecular formula is C37H71NO5. The molecule has 43 heavy (non-hydrogen) atoms. The van der Waals surface area contributed by atoms with Crippen molar-refractivity contribution in [1.29, 1.82) is 0 Å². The van der Waals surface area contributed by atoms with Gasteiger partial charge in [-0.25, -0.2) is 0 Å². The average molecular weight is 610 g/mol. The molecule has 6 heteroatoms. The molecule has 0 bridgehead atoms. The quantitative estimate of drug-likeness (QED) is 0.0559. The number of hydrogen-bond acceptors (Lipinski definition) is 4. The van der Waals surface area contributed by atoms with Gasteiger partial charge in [0, 0.05) is 12.8 Å². The second kappa shape index (κ2) is 33.3. The Morgan fingerprint density at radius 1 is 0.512 bits per heavy atom. The van der Waals surface area contributed by atoms with E-state index >= 15 is 0 Å². The van der Waals surface area contributed by atoms with Crippen LogP contribution in [0.5, 0.6) is 0 Å². The number of carbonyl (C=O) groups excluding carboxylic acids is 2. The van der Waals surface area contributed by atoms with Gasteiger partial charge >= 0.3 is 11.9 Å². The van der Waals surface area contributed by atoms with E-state index in [0.29, 0.717) is 12.8 Å². The number of ether oxygens (including phenoxy) is 1. The second-order valence-electron chi connectivity index (χ2n) is 12.8. The number of esters is 1. The Morgan fingerprint density at radius 3 is 1.33 bits per heavy atom. The van der Waals surface area contributed by atoms with E-state index < -0.39 is 5.97 Å². The summed E-state index contributed by atoms with van der Waals surface area (Å²) >= 11 is 0. The smallest absolute Gasteiger partial charge is 0.322 e. The Morgan fingerprint density at radius 2 is 0.907 bits per heavy atom. The first-order chi connectivity index (χ1) is 21.0. The lowest BCUT2D eigenvalue weighted by Crippen LogP contribution is -2.28. The van der Waals surface area contributed by atoms with Gasteiger partial charge in [-0.15, -0.1) is 0 Å². The predicted molar refractivity (Wildman–Crippen MR) is 180 cm³/mol. The van der Waals surface area contributed by atoms with Gasteiger partial charge in [0.05, 0.1) is 0 Å². The molecule has 1 amide bonds. The van der Waals surface area contributed by atoms with E-state index in [1.165, 1.54) is 128 Å². The summed E-state index contributed by atoms with van der Waals surface area (Å²) in [7, 11) is 0. The summed E-state index contributed by atoms with van der Waals surface area (Å²) in [5.74, 6) is -1.32. The van der Waals surface area contributed by atoms with Crippen LogP contribution in [0.15, 0.2) is 0 Å². The van der Waals surface area contributed by atoms with Crippen LogP contribution < -0.4 is 5.32 Å². The molecule has 0 aliphatic rings. The molecule has 1 atom stereocenters. The lowest BCUT2D eigenvalue weighted by atomic mass is 10.0. The van der Waals surface area contributed by atoms with Crippen molar-refractivity contribution in [3.05, 3.63) is 0 Å². The fourth-order valence-corrected chi connectivity index (χ4v) is 5.80. The summed E-state index contributed by atoms with van der Waals surface area (Å²) in [4.78, 5) is 34.4. The summed E-state index contributed by atoms with van der Waals surface area (Å²) in [5.41, 5.74) is 0. The highest BCUT2D eigenvalue weighted by Crippen LogP contribution is 2.17. The van der Waals surface area contributed by atoms with Crippen LogP contribution in [-0.2, 0) is 19.1 Å². The molecule has 0 saturated carbocycles. The van der Waals surface area contributed by atoms with Gasteiger partial charge in [0.15, 0.2) is 0 Å². The molecule has 0 spiro atoms. The van der Waals surface area contributed by atoms with Crippen molar-refractivity contribution >= 4 is 17.8 Å². The van der Waals surface area contributed by atoms with Crippen molar-refractivity contribution in [3.8, 4) is 0 Å². The van der Waals surface area contributed by atoms with Crippen LogP contribution in [0.4, 0.5) is 0 Å². The molecule has 0 aromatic carbocycles. The van der Waals surface area contributed by atoms with Gasteiger partial charge in [-0.3, -0.25) is 14.4 Å². The molecule has 0 radical (unpaired) electrons. The Bertz CT molecular complexity index is 638. The first-order valence-electron chi connectivity index (χ1n) is 18.7. The zero-order chi connectivity index (χ0) is 31.6. The molecule has 0 fully saturated rings. The van der Waals surface area contributed by atoms with E-state index in [0.717, 1.165) is 51.4 Å². The summed E-state index contributed by atoms with van der Waals surface area (Å²) in [5, 5.41) is 11.0. The topological polar surface area (TPSA) is 92.7 Å². The third-order valence-corrected chi connectivity index (χ3v) is 8.51. The van der Waals surface area contributed by atoms with Crippen LogP contribution in [0.25, 0.3) is 0 Å². The minimum Gasteiger partial charge on any atom is -0.480 e. The molecule has 1 unspecified atom stereocenters. The molecule has 2 N–H and O–H groups in total. The van der Waals surface area contributed by atoms with E-state index in [1.54, 1.807) is 0 Å². The fourth-order valence-electron chi connectivity index (χ4n) is 5.80. The zero-order valence-corrected chi connectivity index (χ0v) is 28.6. The van der Waals surface area contributed by atoms with Crippen molar-refractivity contribution in [1.82, 2.24) is 5.32 Å². The molecule has 0 rings (SSSR count). The number of carboxylic acids is 1. The van der Waals surface area contributed by atoms with Gasteiger partial charge in [-0.05, 0) is 32.1 Å². The highest BCUT2D eigenvalue weighted by molar-refractivity contribution is 5.80. The van der Waals surface area contributed by atoms with E-state index in [9.17, 15) is 14.4 Å². The van der Waals surface area contributed by atoms with Crippen molar-refractivity contribution in [2.75, 3.05) is 6.54 Å². The maximum atomic E-state index is 12.3. The van der Waals surface area contributed by atoms with Crippen molar-refractivity contribution in [2.24, 2.45) is 0 Å². The summed E-state index contributed by atoms with van der Waals surface area (Å²) in [6.45, 7) is 4.07. The number of aliphatic carboxylic acids is 1. The van der Waals surface area contributed by atoms with Crippen molar-refractivity contribution in [2.45, 2.75) is 213 Å². The maximum absolute atomic E-state index is 12.3. The molecule has 0 aliphatic heterocycles. The number of hydrogen-bond donors (Lipinski definition) is 2. The van der Waals surface area contributed by atoms with E-state index in [-0.39, 0.29) is 24.5 Å². The Hall–Kier alpha value is -1.59. The number of unbranched alkanes of at least 4 members (excludes halogenated alkanes) is 23. The summed E-state index contributed by atoms with van der Waals surface area (Å²) in [6, 6.07) is 0. The van der Waals surface area contributed by atoms with Gasteiger partial charge in [0.25, 0.3) is 0 Å². The largest absolute Gasteiger partial charge is 0.480 e. The average Bonchev–Trinajstić information content (AvgIpc) is 2.98. The third-order valence-electron chi connectivity index (χ3n) is 8.51. The highest BCUT2D eigenvalue weighted by atomic mass is 16.5. The van der Waals surface area contributed by atoms with Gasteiger partial charge in [0.2, 0.25) is 5.91 Å². The number of carboxylic acid groups (broad SMARTS) is 1. The molecule has 254 valence electrons. The van der Waals surface area contributed by atoms with Gasteiger partial charge in [-0.2, -0.15) is 0 Å². The third kappa shape index (κ3) is 33.1. The molecular weight excluding hydrogens is 538 g/mol. The van der Waals surface area contributed by atoms with Crippen molar-refractivity contribution < 1.29 is 24.2 Å². The Balaban J connectivity index is 3.47. The van der Waals surface area contributed by atoms with Crippen LogP contribution in [-0.4, -0.2) is 35.6 Å². The maximum Gasteiger partial charge on any atom is 0.322 e. The fraction of sp³-hybridized carbons (Fsp3) is 0.919. The SMILES string of the molecule is CCCCCCCCCCCCCCCCCCCCCCCCC(=O)OC(CCC)CCCCCC(=O)NCC(=O)O. The normalized spacial score (nSPS) is 11.9. The van der Waals surface area contributed by atoms with Crippen LogP contribution in [0.3, 0.4) is 0 Å². The van der Waals surface area contributed by atoms with E-state index in [4.69, 9.17) is 9.84 Å². The monoisotopic (exact) mass is 610 g/mol. The molecule has 6 nitrogen and oxygen atoms in total. The van der Waals surface area contributed by atoms with Crippen LogP contribution in [0.2, 0.25) is 0 Å². The predicted octanol–water partition coefficient (Wildman–Crippen LogP) is 10.8. The minimum atomic E-state index is -1.03. The van der Waals surface area contributed by atoms with Crippen LogP contribution in [0.1, 0.15) is 206 Å². The van der Waals surface area contributed by atoms with Crippen LogP contribution in [0, 0.1) is 0 Å². The van der Waals surface area contributed by atoms with Crippen LogP contribution >= 0.6 is 0 Å². The standard InChI is InChI=1S/C37H71NO5/c1-3-5-6-7-8-9-10-11-12-13-14-15-16-17-18-19-20-21-22-23-24-28-32-37(42)43-34(29-4-2)30-26-25-27-31-35(39)38-33-36(40)41/h34H,3-33H2,1-2H3,(H,38,39)(H,40,41). The Labute approximate surface area is 266 Å². The van der Waals surface area contributed by atoms with Gasteiger partial charge < -0.3 is 15.2 Å². The van der Waals surface area contributed by atoms with Gasteiger partial charge in [-0.1, -0.05) is 162 Å². The molecule has 0 saturated heterocycles. The lowest BCUT2D eigenvalue weighted by Gasteiger charge is -2.17. The first-order valence-corrected chi connectivity index (χ1v) is 18.7. The molecule has 0 aromatic heterocycles. The Kier molecular flexibility index (Phi) is 32.1.